The van der Waals surface area contributed by atoms with Crippen LogP contribution < -0.4 is 9.97 Å². The van der Waals surface area contributed by atoms with Gasteiger partial charge < -0.3 is 21.6 Å². The van der Waals surface area contributed by atoms with E-state index in [0.29, 0.717) is 0 Å². The summed E-state index contributed by atoms with van der Waals surface area (Å²) < 4.78 is 0. The van der Waals surface area contributed by atoms with Gasteiger partial charge in [0.2, 0.25) is 0 Å². The van der Waals surface area contributed by atoms with Gasteiger partial charge in [0.05, 0.1) is 0 Å². The third-order valence-corrected chi connectivity index (χ3v) is 1.77. The van der Waals surface area contributed by atoms with Crippen LogP contribution in [0.5, 0.6) is 0 Å². The number of pyridine rings is 2. The monoisotopic (exact) mass is 445 g/mol. The summed E-state index contributed by atoms with van der Waals surface area (Å²) in [7, 11) is 0. The molecule has 0 amide bonds. The van der Waals surface area contributed by atoms with Crippen LogP contribution in [0.4, 0.5) is 0 Å². The summed E-state index contributed by atoms with van der Waals surface area (Å²) in [6.07, 6.45) is 7.69. The van der Waals surface area contributed by atoms with E-state index in [1.165, 1.54) is 31.8 Å². The predicted octanol–water partition coefficient (Wildman–Crippen LogP) is 3.61. The smallest absolute Gasteiger partial charge is 0.753 e. The Morgan fingerprint density at radius 3 is 0.880 bits per heavy atom. The van der Waals surface area contributed by atoms with Crippen molar-refractivity contribution in [3.8, 4) is 11.1 Å². The maximum absolute atomic E-state index is 7.13. The van der Waals surface area contributed by atoms with Gasteiger partial charge in [-0.25, -0.2) is 9.97 Å². The summed E-state index contributed by atoms with van der Waals surface area (Å²) in [6, 6.07) is 8.20. The first kappa shape index (κ1) is 30.9. The Bertz CT molecular complexity index is 587. The van der Waals surface area contributed by atoms with Gasteiger partial charge in [0.25, 0.3) is 0 Å². The maximum Gasteiger partial charge on any atom is 2.00 e. The van der Waals surface area contributed by atoms with Crippen LogP contribution in [0.3, 0.4) is 0 Å². The molecule has 0 aliphatic carbocycles. The Hall–Kier alpha value is -1.98. The van der Waals surface area contributed by atoms with Gasteiger partial charge in [0, 0.05) is 24.3 Å². The van der Waals surface area contributed by atoms with Gasteiger partial charge in [-0.1, -0.05) is 48.9 Å². The van der Waals surface area contributed by atoms with Crippen LogP contribution in [0.25, 0.3) is 32.8 Å². The molecule has 0 aromatic carbocycles. The average Bonchev–Trinajstić information content (AvgIpc) is 2.59. The second kappa shape index (κ2) is 30.0. The first-order valence-electron chi connectivity index (χ1n) is 5.60. The molecule has 0 bridgehead atoms. The molecule has 25 heavy (non-hydrogen) atoms. The Kier molecular flexibility index (Phi) is 37.0. The van der Waals surface area contributed by atoms with E-state index in [-0.39, 0.29) is 17.1 Å². The van der Waals surface area contributed by atoms with E-state index in [1.54, 1.807) is 0 Å². The molecule has 6 nitrogen and oxygen atoms in total. The molecule has 0 unspecified atom stereocenters. The molecule has 127 valence electrons. The fourth-order valence-electron chi connectivity index (χ4n) is 1.16. The fourth-order valence-corrected chi connectivity index (χ4v) is 1.16. The van der Waals surface area contributed by atoms with E-state index in [9.17, 15) is 0 Å². The van der Waals surface area contributed by atoms with Crippen molar-refractivity contribution in [1.29, 1.82) is 0 Å². The number of aromatic amines is 2. The molecule has 1 radical (unpaired) electrons. The molecule has 2 rings (SSSR count). The van der Waals surface area contributed by atoms with E-state index < -0.39 is 0 Å². The number of hydrogen-bond acceptors (Lipinski definition) is 4. The van der Waals surface area contributed by atoms with E-state index in [0.717, 1.165) is 0 Å². The van der Waals surface area contributed by atoms with Crippen LogP contribution in [-0.4, -0.2) is 20.6 Å². The number of nitrogens with zero attached hydrogens (tertiary/aromatic N) is 4. The van der Waals surface area contributed by atoms with E-state index in [1.807, 2.05) is 24.8 Å². The number of nitrogens with one attached hydrogen (secondary N) is 2. The van der Waals surface area contributed by atoms with Crippen molar-refractivity contribution in [2.75, 3.05) is 0 Å². The van der Waals surface area contributed by atoms with Crippen molar-refractivity contribution < 1.29 is 27.0 Å². The van der Waals surface area contributed by atoms with Crippen LogP contribution >= 0.6 is 48.9 Å². The van der Waals surface area contributed by atoms with Crippen LogP contribution in [-0.2, 0) is 17.1 Å². The summed E-state index contributed by atoms with van der Waals surface area (Å²) in [5, 5.41) is 33.9. The first-order valence-corrected chi connectivity index (χ1v) is 7.24. The van der Waals surface area contributed by atoms with Crippen molar-refractivity contribution in [2.24, 2.45) is 0 Å². The number of isothiocyanates is 4. The Morgan fingerprint density at radius 1 is 0.560 bits per heavy atom. The molecule has 2 aromatic heterocycles. The summed E-state index contributed by atoms with van der Waals surface area (Å²) >= 11 is 14.8. The van der Waals surface area contributed by atoms with Gasteiger partial charge in [-0.2, -0.15) is 20.6 Å². The molecule has 2 heterocycles. The van der Waals surface area contributed by atoms with Crippen molar-refractivity contribution in [3.63, 3.8) is 0 Å². The number of aromatic nitrogens is 2. The molecule has 2 N–H and O–H groups in total. The van der Waals surface area contributed by atoms with Crippen LogP contribution in [0.2, 0.25) is 0 Å². The average molecular weight is 445 g/mol. The van der Waals surface area contributed by atoms with Crippen LogP contribution in [0.15, 0.2) is 49.1 Å². The molecule has 2 aromatic rings. The van der Waals surface area contributed by atoms with E-state index >= 15 is 0 Å². The Morgan fingerprint density at radius 2 is 0.720 bits per heavy atom. The summed E-state index contributed by atoms with van der Waals surface area (Å²) in [5.41, 5.74) is 2.45. The Balaban J connectivity index is -0.000000143. The van der Waals surface area contributed by atoms with Gasteiger partial charge in [-0.05, 0) is 11.1 Å². The fraction of sp³-hybridized carbons (Fsp3) is 0. The third-order valence-electron chi connectivity index (χ3n) is 1.77. The number of H-pyrrole nitrogens is 2. The second-order valence-electron chi connectivity index (χ2n) is 2.94. The minimum atomic E-state index is 0. The van der Waals surface area contributed by atoms with Gasteiger partial charge in [-0.15, -0.1) is 0 Å². The standard InChI is InChI=1S/C10H8N2.4CNS.Mn/c1-5-11-6-2-9(1)10-3-7-12-8-4-10;4*2-1-3;/h1-8H;;;;;/q;4*-1;+2/p+2. The zero-order valence-corrected chi connectivity index (χ0v) is 16.9. The van der Waals surface area contributed by atoms with E-state index in [4.69, 9.17) is 21.6 Å². The van der Waals surface area contributed by atoms with Gasteiger partial charge in [0.1, 0.15) is 0 Å². The second-order valence-corrected chi connectivity index (χ2v) is 3.67. The van der Waals surface area contributed by atoms with Crippen LogP contribution in [0, 0.1) is 0 Å². The van der Waals surface area contributed by atoms with Crippen molar-refractivity contribution in [3.05, 3.63) is 70.7 Å². The third kappa shape index (κ3) is 27.2. The molecule has 0 spiro atoms. The molecule has 0 aliphatic rings. The van der Waals surface area contributed by atoms with Gasteiger partial charge in [-0.3, -0.25) is 0 Å². The summed E-state index contributed by atoms with van der Waals surface area (Å²) in [6.45, 7) is 0. The van der Waals surface area contributed by atoms with Crippen molar-refractivity contribution in [1.82, 2.24) is 0 Å². The normalized spacial score (nSPS) is 5.92. The molecular formula is C14H10MnN6S4. The number of hydrogen-bond donors (Lipinski definition) is 0. The predicted molar refractivity (Wildman–Crippen MR) is 109 cm³/mol. The molecule has 11 heteroatoms. The zero-order valence-electron chi connectivity index (χ0n) is 12.4. The summed E-state index contributed by atoms with van der Waals surface area (Å²) in [5.74, 6) is 0. The first-order chi connectivity index (χ1) is 11.6. The molecule has 0 saturated carbocycles. The number of rotatable bonds is 1. The minimum Gasteiger partial charge on any atom is -0.753 e. The Labute approximate surface area is 177 Å². The molecule has 0 saturated heterocycles. The number of thiocarbonyl (C=S) groups is 4. The van der Waals surface area contributed by atoms with Crippen LogP contribution in [0.1, 0.15) is 0 Å². The summed E-state index contributed by atoms with van der Waals surface area (Å²) in [4.78, 5) is 5.99. The largest absolute Gasteiger partial charge is 2.00 e. The topological polar surface area (TPSA) is 117 Å². The van der Waals surface area contributed by atoms with E-state index in [2.05, 4.69) is 83.1 Å². The molecular weight excluding hydrogens is 435 g/mol. The minimum absolute atomic E-state index is 0. The molecule has 0 aliphatic heterocycles. The van der Waals surface area contributed by atoms with Crippen molar-refractivity contribution in [2.45, 2.75) is 0 Å². The van der Waals surface area contributed by atoms with Gasteiger partial charge in [0.15, 0.2) is 24.8 Å². The maximum atomic E-state index is 7.13. The quantitative estimate of drug-likeness (QED) is 0.378. The zero-order chi connectivity index (χ0) is 19.1. The molecule has 0 atom stereocenters. The SMILES string of the molecule is [Mn+2].[N-]=C=S.[N-]=C=S.[N-]=C=S.[N-]=C=S.c1cc(-c2cc[nH+]cc2)cc[nH+]1. The van der Waals surface area contributed by atoms with Gasteiger partial charge >= 0.3 is 17.1 Å². The van der Waals surface area contributed by atoms with Crippen molar-refractivity contribution >= 4 is 69.5 Å². The molecule has 0 fully saturated rings.